The summed E-state index contributed by atoms with van der Waals surface area (Å²) in [4.78, 5) is 0. The van der Waals surface area contributed by atoms with Crippen molar-refractivity contribution in [2.24, 2.45) is 0 Å². The van der Waals surface area contributed by atoms with Crippen molar-refractivity contribution in [1.29, 1.82) is 0 Å². The van der Waals surface area contributed by atoms with Gasteiger partial charge in [0, 0.05) is 16.6 Å². The van der Waals surface area contributed by atoms with E-state index in [0.29, 0.717) is 0 Å². The summed E-state index contributed by atoms with van der Waals surface area (Å²) in [5.41, 5.74) is 3.27. The first kappa shape index (κ1) is 15.9. The van der Waals surface area contributed by atoms with E-state index < -0.39 is 0 Å². The van der Waals surface area contributed by atoms with Gasteiger partial charge in [-0.05, 0) is 56.6 Å². The Hall–Kier alpha value is -1.51. The zero-order valence-corrected chi connectivity index (χ0v) is 13.8. The fraction of sp³-hybridized carbons (Fsp3) is 0.333. The van der Waals surface area contributed by atoms with Crippen molar-refractivity contribution in [1.82, 2.24) is 5.32 Å². The summed E-state index contributed by atoms with van der Waals surface area (Å²) in [5.74, 6) is 1.78. The Labute approximate surface area is 132 Å². The summed E-state index contributed by atoms with van der Waals surface area (Å²) in [6, 6.07) is 12.3. The molecule has 0 saturated carbocycles. The summed E-state index contributed by atoms with van der Waals surface area (Å²) in [6.45, 7) is 6.20. The number of aryl methyl sites for hydroxylation is 2. The van der Waals surface area contributed by atoms with Crippen LogP contribution in [0.25, 0.3) is 0 Å². The normalized spacial score (nSPS) is 12.2. The SMILES string of the molecule is CCC(NC)c1ccccc1Oc1c(C)cc(Cl)cc1C. The van der Waals surface area contributed by atoms with Crippen LogP contribution < -0.4 is 10.1 Å². The quantitative estimate of drug-likeness (QED) is 0.796. The van der Waals surface area contributed by atoms with Crippen LogP contribution in [0.4, 0.5) is 0 Å². The van der Waals surface area contributed by atoms with Crippen molar-refractivity contribution in [3.05, 3.63) is 58.1 Å². The Balaban J connectivity index is 2.41. The number of hydrogen-bond acceptors (Lipinski definition) is 2. The standard InChI is InChI=1S/C18H22ClNO/c1-5-16(20-4)15-8-6-7-9-17(15)21-18-12(2)10-14(19)11-13(18)3/h6-11,16,20H,5H2,1-4H3. The number of rotatable bonds is 5. The van der Waals surface area contributed by atoms with E-state index in [1.165, 1.54) is 5.56 Å². The highest BCUT2D eigenvalue weighted by atomic mass is 35.5. The molecule has 3 heteroatoms. The highest BCUT2D eigenvalue weighted by Gasteiger charge is 2.14. The van der Waals surface area contributed by atoms with Gasteiger partial charge in [-0.1, -0.05) is 36.7 Å². The predicted molar refractivity (Wildman–Crippen MR) is 89.5 cm³/mol. The third kappa shape index (κ3) is 3.58. The summed E-state index contributed by atoms with van der Waals surface area (Å²) >= 11 is 6.09. The lowest BCUT2D eigenvalue weighted by Gasteiger charge is -2.20. The monoisotopic (exact) mass is 303 g/mol. The Morgan fingerprint density at radius 3 is 2.33 bits per heavy atom. The van der Waals surface area contributed by atoms with Crippen molar-refractivity contribution in [2.75, 3.05) is 7.05 Å². The minimum Gasteiger partial charge on any atom is -0.456 e. The van der Waals surface area contributed by atoms with Crippen molar-refractivity contribution in [2.45, 2.75) is 33.2 Å². The summed E-state index contributed by atoms with van der Waals surface area (Å²) in [7, 11) is 1.98. The molecule has 0 radical (unpaired) electrons. The van der Waals surface area contributed by atoms with E-state index in [9.17, 15) is 0 Å². The lowest BCUT2D eigenvalue weighted by molar-refractivity contribution is 0.453. The molecule has 0 saturated heterocycles. The zero-order chi connectivity index (χ0) is 15.4. The molecular formula is C18H22ClNO. The van der Waals surface area contributed by atoms with Crippen LogP contribution in [0.15, 0.2) is 36.4 Å². The zero-order valence-electron chi connectivity index (χ0n) is 13.0. The van der Waals surface area contributed by atoms with Crippen molar-refractivity contribution < 1.29 is 4.74 Å². The molecule has 0 aliphatic carbocycles. The first-order valence-corrected chi connectivity index (χ1v) is 7.65. The number of ether oxygens (including phenoxy) is 1. The van der Waals surface area contributed by atoms with Crippen LogP contribution in [-0.2, 0) is 0 Å². The second-order valence-corrected chi connectivity index (χ2v) is 5.69. The molecule has 2 rings (SSSR count). The highest BCUT2D eigenvalue weighted by molar-refractivity contribution is 6.30. The van der Waals surface area contributed by atoms with Crippen LogP contribution in [-0.4, -0.2) is 7.05 Å². The van der Waals surface area contributed by atoms with E-state index in [0.717, 1.165) is 34.1 Å². The van der Waals surface area contributed by atoms with Gasteiger partial charge in [0.25, 0.3) is 0 Å². The number of hydrogen-bond donors (Lipinski definition) is 1. The van der Waals surface area contributed by atoms with Gasteiger partial charge < -0.3 is 10.1 Å². The van der Waals surface area contributed by atoms with E-state index >= 15 is 0 Å². The number of benzene rings is 2. The lowest BCUT2D eigenvalue weighted by atomic mass is 10.0. The molecule has 0 heterocycles. The summed E-state index contributed by atoms with van der Waals surface area (Å²) < 4.78 is 6.21. The molecule has 0 bridgehead atoms. The molecular weight excluding hydrogens is 282 g/mol. The topological polar surface area (TPSA) is 21.3 Å². The maximum atomic E-state index is 6.21. The first-order valence-electron chi connectivity index (χ1n) is 7.27. The van der Waals surface area contributed by atoms with Crippen LogP contribution in [0.5, 0.6) is 11.5 Å². The third-order valence-electron chi connectivity index (χ3n) is 3.69. The van der Waals surface area contributed by atoms with E-state index in [4.69, 9.17) is 16.3 Å². The lowest BCUT2D eigenvalue weighted by Crippen LogP contribution is -2.16. The molecule has 2 nitrogen and oxygen atoms in total. The third-order valence-corrected chi connectivity index (χ3v) is 3.91. The maximum Gasteiger partial charge on any atom is 0.133 e. The average Bonchev–Trinajstić information content (AvgIpc) is 2.45. The minimum absolute atomic E-state index is 0.286. The highest BCUT2D eigenvalue weighted by Crippen LogP contribution is 2.35. The van der Waals surface area contributed by atoms with Gasteiger partial charge in [0.15, 0.2) is 0 Å². The molecule has 0 aliphatic rings. The minimum atomic E-state index is 0.286. The Bertz CT molecular complexity index is 597. The Kier molecular flexibility index (Phi) is 5.27. The molecule has 2 aromatic rings. The van der Waals surface area contributed by atoms with E-state index in [-0.39, 0.29) is 6.04 Å². The fourth-order valence-corrected chi connectivity index (χ4v) is 2.94. The molecule has 0 aliphatic heterocycles. The molecule has 0 aromatic heterocycles. The predicted octanol–water partition coefficient (Wildman–Crippen LogP) is 5.42. The van der Waals surface area contributed by atoms with Gasteiger partial charge in [-0.25, -0.2) is 0 Å². The van der Waals surface area contributed by atoms with E-state index in [2.05, 4.69) is 18.3 Å². The number of para-hydroxylation sites is 1. The second-order valence-electron chi connectivity index (χ2n) is 5.26. The van der Waals surface area contributed by atoms with Gasteiger partial charge in [0.1, 0.15) is 11.5 Å². The molecule has 0 spiro atoms. The van der Waals surface area contributed by atoms with Crippen molar-refractivity contribution >= 4 is 11.6 Å². The molecule has 1 N–H and O–H groups in total. The van der Waals surface area contributed by atoms with Gasteiger partial charge in [0.2, 0.25) is 0 Å². The van der Waals surface area contributed by atoms with Gasteiger partial charge in [-0.15, -0.1) is 0 Å². The van der Waals surface area contributed by atoms with Gasteiger partial charge in [0.05, 0.1) is 0 Å². The number of halogens is 1. The first-order chi connectivity index (χ1) is 10.1. The molecule has 0 amide bonds. The maximum absolute atomic E-state index is 6.21. The molecule has 21 heavy (non-hydrogen) atoms. The molecule has 112 valence electrons. The van der Waals surface area contributed by atoms with Crippen molar-refractivity contribution in [3.8, 4) is 11.5 Å². The smallest absolute Gasteiger partial charge is 0.133 e. The fourth-order valence-electron chi connectivity index (χ4n) is 2.61. The Morgan fingerprint density at radius 1 is 1.14 bits per heavy atom. The van der Waals surface area contributed by atoms with Crippen molar-refractivity contribution in [3.63, 3.8) is 0 Å². The van der Waals surface area contributed by atoms with Crippen LogP contribution in [0.2, 0.25) is 5.02 Å². The molecule has 1 unspecified atom stereocenters. The Morgan fingerprint density at radius 2 is 1.76 bits per heavy atom. The van der Waals surface area contributed by atoms with Crippen LogP contribution in [0.3, 0.4) is 0 Å². The van der Waals surface area contributed by atoms with E-state index in [1.807, 2.05) is 51.2 Å². The summed E-state index contributed by atoms with van der Waals surface area (Å²) in [6.07, 6.45) is 1.01. The van der Waals surface area contributed by atoms with E-state index in [1.54, 1.807) is 0 Å². The van der Waals surface area contributed by atoms with Crippen LogP contribution in [0, 0.1) is 13.8 Å². The number of nitrogens with one attached hydrogen (secondary N) is 1. The molecule has 2 aromatic carbocycles. The largest absolute Gasteiger partial charge is 0.456 e. The van der Waals surface area contributed by atoms with Gasteiger partial charge in [-0.2, -0.15) is 0 Å². The van der Waals surface area contributed by atoms with Crippen LogP contribution in [0.1, 0.15) is 36.1 Å². The van der Waals surface area contributed by atoms with Gasteiger partial charge in [-0.3, -0.25) is 0 Å². The second kappa shape index (κ2) is 6.97. The summed E-state index contributed by atoms with van der Waals surface area (Å²) in [5, 5.41) is 4.07. The molecule has 0 fully saturated rings. The van der Waals surface area contributed by atoms with Gasteiger partial charge >= 0.3 is 0 Å². The average molecular weight is 304 g/mol. The molecule has 1 atom stereocenters. The van der Waals surface area contributed by atoms with Crippen LogP contribution >= 0.6 is 11.6 Å².